The van der Waals surface area contributed by atoms with Crippen LogP contribution in [0.15, 0.2) is 35.1 Å². The van der Waals surface area contributed by atoms with Crippen LogP contribution in [0.2, 0.25) is 0 Å². The molecule has 1 N–H and O–H groups in total. The first-order valence-corrected chi connectivity index (χ1v) is 5.98. The number of anilines is 2. The summed E-state index contributed by atoms with van der Waals surface area (Å²) in [7, 11) is 1.79. The lowest BCUT2D eigenvalue weighted by Gasteiger charge is -2.19. The predicted molar refractivity (Wildman–Crippen MR) is 73.5 cm³/mol. The minimum absolute atomic E-state index is 0.192. The lowest BCUT2D eigenvalue weighted by Crippen LogP contribution is -2.18. The van der Waals surface area contributed by atoms with E-state index in [9.17, 15) is 4.79 Å². The minimum atomic E-state index is -0.192. The summed E-state index contributed by atoms with van der Waals surface area (Å²) in [6.07, 6.45) is 0.650. The summed E-state index contributed by atoms with van der Waals surface area (Å²) in [6, 6.07) is 10.8. The van der Waals surface area contributed by atoms with Crippen LogP contribution >= 0.6 is 0 Å². The second kappa shape index (κ2) is 5.36. The molecule has 0 saturated carbocycles. The molecule has 2 rings (SSSR count). The second-order valence-electron chi connectivity index (χ2n) is 4.09. The Morgan fingerprint density at radius 2 is 2.16 bits per heavy atom. The van der Waals surface area contributed by atoms with E-state index in [1.807, 2.05) is 19.1 Å². The third-order valence-corrected chi connectivity index (χ3v) is 2.84. The molecule has 0 spiro atoms. The van der Waals surface area contributed by atoms with Gasteiger partial charge in [0, 0.05) is 19.5 Å². The van der Waals surface area contributed by atoms with Gasteiger partial charge in [-0.15, -0.1) is 0 Å². The van der Waals surface area contributed by atoms with E-state index >= 15 is 0 Å². The highest BCUT2D eigenvalue weighted by Gasteiger charge is 2.11. The summed E-state index contributed by atoms with van der Waals surface area (Å²) < 4.78 is 0. The SMILES string of the molecule is CCc1nc(N(C)c2ccccc2C#N)cc(=O)[nH]1. The van der Waals surface area contributed by atoms with Gasteiger partial charge in [-0.05, 0) is 12.1 Å². The molecule has 0 aliphatic carbocycles. The van der Waals surface area contributed by atoms with Gasteiger partial charge in [-0.25, -0.2) is 4.98 Å². The molecule has 0 saturated heterocycles. The molecular weight excluding hydrogens is 240 g/mol. The van der Waals surface area contributed by atoms with Crippen molar-refractivity contribution in [2.45, 2.75) is 13.3 Å². The van der Waals surface area contributed by atoms with Crippen molar-refractivity contribution in [3.63, 3.8) is 0 Å². The Morgan fingerprint density at radius 1 is 1.42 bits per heavy atom. The van der Waals surface area contributed by atoms with Crippen molar-refractivity contribution in [1.29, 1.82) is 5.26 Å². The number of aromatic nitrogens is 2. The van der Waals surface area contributed by atoms with Gasteiger partial charge in [0.1, 0.15) is 17.7 Å². The number of H-pyrrole nitrogens is 1. The van der Waals surface area contributed by atoms with E-state index in [1.54, 1.807) is 24.1 Å². The molecule has 2 aromatic rings. The summed E-state index contributed by atoms with van der Waals surface area (Å²) in [5.74, 6) is 1.16. The van der Waals surface area contributed by atoms with E-state index < -0.39 is 0 Å². The Morgan fingerprint density at radius 3 is 2.84 bits per heavy atom. The van der Waals surface area contributed by atoms with Crippen LogP contribution in [0, 0.1) is 11.3 Å². The van der Waals surface area contributed by atoms with Gasteiger partial charge in [-0.3, -0.25) is 4.79 Å². The first-order valence-electron chi connectivity index (χ1n) is 5.98. The third kappa shape index (κ3) is 2.63. The molecule has 0 amide bonds. The average molecular weight is 254 g/mol. The van der Waals surface area contributed by atoms with E-state index in [0.29, 0.717) is 23.6 Å². The molecule has 0 fully saturated rings. The zero-order valence-electron chi connectivity index (χ0n) is 10.8. The lowest BCUT2D eigenvalue weighted by molar-refractivity contribution is 0.907. The smallest absolute Gasteiger partial charge is 0.252 e. The fourth-order valence-electron chi connectivity index (χ4n) is 1.82. The van der Waals surface area contributed by atoms with Crippen LogP contribution in [-0.4, -0.2) is 17.0 Å². The topological polar surface area (TPSA) is 72.8 Å². The largest absolute Gasteiger partial charge is 0.328 e. The summed E-state index contributed by atoms with van der Waals surface area (Å²) in [6.45, 7) is 1.92. The first-order chi connectivity index (χ1) is 9.15. The number of hydrogen-bond acceptors (Lipinski definition) is 4. The Bertz CT molecular complexity index is 684. The van der Waals surface area contributed by atoms with Crippen LogP contribution in [0.3, 0.4) is 0 Å². The van der Waals surface area contributed by atoms with Gasteiger partial charge in [0.25, 0.3) is 5.56 Å². The van der Waals surface area contributed by atoms with E-state index in [2.05, 4.69) is 16.0 Å². The third-order valence-electron chi connectivity index (χ3n) is 2.84. The van der Waals surface area contributed by atoms with Crippen LogP contribution in [0.5, 0.6) is 0 Å². The summed E-state index contributed by atoms with van der Waals surface area (Å²) in [5, 5.41) is 9.10. The monoisotopic (exact) mass is 254 g/mol. The number of aromatic amines is 1. The molecule has 0 aliphatic heterocycles. The predicted octanol–water partition coefficient (Wildman–Crippen LogP) is 1.97. The zero-order valence-corrected chi connectivity index (χ0v) is 10.8. The number of para-hydroxylation sites is 1. The number of rotatable bonds is 3. The van der Waals surface area contributed by atoms with Gasteiger partial charge in [0.05, 0.1) is 11.3 Å². The fourth-order valence-corrected chi connectivity index (χ4v) is 1.82. The van der Waals surface area contributed by atoms with Crippen molar-refractivity contribution in [3.05, 3.63) is 52.1 Å². The standard InChI is InChI=1S/C14H14N4O/c1-3-12-16-13(8-14(19)17-12)18(2)11-7-5-4-6-10(11)9-15/h4-8H,3H2,1-2H3,(H,16,17,19). The van der Waals surface area contributed by atoms with Crippen LogP contribution in [0.25, 0.3) is 0 Å². The molecule has 1 heterocycles. The van der Waals surface area contributed by atoms with Crippen molar-refractivity contribution < 1.29 is 0 Å². The Balaban J connectivity index is 2.50. The Labute approximate surface area is 111 Å². The molecular formula is C14H14N4O. The lowest BCUT2D eigenvalue weighted by atomic mass is 10.2. The van der Waals surface area contributed by atoms with Gasteiger partial charge in [-0.1, -0.05) is 19.1 Å². The normalized spacial score (nSPS) is 9.95. The van der Waals surface area contributed by atoms with E-state index in [1.165, 1.54) is 6.07 Å². The number of hydrogen-bond donors (Lipinski definition) is 1. The van der Waals surface area contributed by atoms with E-state index in [4.69, 9.17) is 5.26 Å². The van der Waals surface area contributed by atoms with Gasteiger partial charge in [0.15, 0.2) is 0 Å². The molecule has 19 heavy (non-hydrogen) atoms. The zero-order chi connectivity index (χ0) is 13.8. The van der Waals surface area contributed by atoms with Gasteiger partial charge < -0.3 is 9.88 Å². The number of aryl methyl sites for hydroxylation is 1. The number of nitrogens with one attached hydrogen (secondary N) is 1. The number of nitriles is 1. The highest BCUT2D eigenvalue weighted by Crippen LogP contribution is 2.24. The van der Waals surface area contributed by atoms with Gasteiger partial charge in [0.2, 0.25) is 0 Å². The molecule has 0 radical (unpaired) electrons. The average Bonchev–Trinajstić information content (AvgIpc) is 2.45. The number of nitrogens with zero attached hydrogens (tertiary/aromatic N) is 3. The minimum Gasteiger partial charge on any atom is -0.328 e. The van der Waals surface area contributed by atoms with Crippen molar-refractivity contribution in [2.75, 3.05) is 11.9 Å². The van der Waals surface area contributed by atoms with E-state index in [0.717, 1.165) is 5.69 Å². The summed E-state index contributed by atoms with van der Waals surface area (Å²) in [4.78, 5) is 20.4. The fraction of sp³-hybridized carbons (Fsp3) is 0.214. The Kier molecular flexibility index (Phi) is 3.62. The number of benzene rings is 1. The van der Waals surface area contributed by atoms with Crippen LogP contribution < -0.4 is 10.5 Å². The molecule has 0 aliphatic rings. The summed E-state index contributed by atoms with van der Waals surface area (Å²) >= 11 is 0. The van der Waals surface area contributed by atoms with E-state index in [-0.39, 0.29) is 5.56 Å². The van der Waals surface area contributed by atoms with Gasteiger partial charge >= 0.3 is 0 Å². The van der Waals surface area contributed by atoms with Crippen LogP contribution in [0.1, 0.15) is 18.3 Å². The molecule has 1 aromatic heterocycles. The maximum absolute atomic E-state index is 11.6. The molecule has 5 heteroatoms. The molecule has 5 nitrogen and oxygen atoms in total. The molecule has 0 unspecified atom stereocenters. The highest BCUT2D eigenvalue weighted by atomic mass is 16.1. The quantitative estimate of drug-likeness (QED) is 0.908. The van der Waals surface area contributed by atoms with Crippen molar-refractivity contribution in [3.8, 4) is 6.07 Å². The molecule has 1 aromatic carbocycles. The van der Waals surface area contributed by atoms with Crippen LogP contribution in [-0.2, 0) is 6.42 Å². The highest BCUT2D eigenvalue weighted by molar-refractivity contribution is 5.66. The maximum atomic E-state index is 11.6. The maximum Gasteiger partial charge on any atom is 0.252 e. The molecule has 0 atom stereocenters. The second-order valence-corrected chi connectivity index (χ2v) is 4.09. The van der Waals surface area contributed by atoms with Crippen molar-refractivity contribution in [2.24, 2.45) is 0 Å². The molecule has 96 valence electrons. The first kappa shape index (κ1) is 12.8. The van der Waals surface area contributed by atoms with Crippen molar-refractivity contribution >= 4 is 11.5 Å². The Hall–Kier alpha value is -2.61. The summed E-state index contributed by atoms with van der Waals surface area (Å²) in [5.41, 5.74) is 1.08. The molecule has 0 bridgehead atoms. The van der Waals surface area contributed by atoms with Crippen LogP contribution in [0.4, 0.5) is 11.5 Å². The van der Waals surface area contributed by atoms with Gasteiger partial charge in [-0.2, -0.15) is 5.26 Å². The van der Waals surface area contributed by atoms with Crippen molar-refractivity contribution in [1.82, 2.24) is 9.97 Å².